The molecule has 0 amide bonds. The number of benzene rings is 2. The van der Waals surface area contributed by atoms with Crippen LogP contribution in [-0.4, -0.2) is 84.8 Å². The molecule has 0 bridgehead atoms. The van der Waals surface area contributed by atoms with Crippen molar-refractivity contribution in [3.05, 3.63) is 74.1 Å². The summed E-state index contributed by atoms with van der Waals surface area (Å²) >= 11 is 0. The lowest BCUT2D eigenvalue weighted by molar-refractivity contribution is -0.114. The highest BCUT2D eigenvalue weighted by molar-refractivity contribution is 7.52. The number of aliphatic hydroxyl groups is 3. The summed E-state index contributed by atoms with van der Waals surface area (Å²) in [6, 6.07) is 11.7. The fourth-order valence-corrected chi connectivity index (χ4v) is 6.92. The largest absolute Gasteiger partial charge is 0.476 e. The summed E-state index contributed by atoms with van der Waals surface area (Å²) in [5.74, 6) is 0.299. The van der Waals surface area contributed by atoms with Crippen LogP contribution in [0.25, 0.3) is 21.9 Å². The molecule has 16 heteroatoms. The van der Waals surface area contributed by atoms with Crippen LogP contribution in [-0.2, 0) is 18.6 Å². The minimum absolute atomic E-state index is 0.0977. The molecular weight excluding hydrogens is 655 g/mol. The SMILES string of the molecule is C=CCCCOC(O)C(C)NP(=O)(OCC1OC(n2cnc3c(OCCC=C)nc(N)nc32)C(C)(O)C1O)Oc1cccc2ccccc12. The summed E-state index contributed by atoms with van der Waals surface area (Å²) < 4.78 is 45.1. The average molecular weight is 699 g/mol. The van der Waals surface area contributed by atoms with Crippen molar-refractivity contribution in [2.24, 2.45) is 0 Å². The minimum atomic E-state index is -4.33. The highest BCUT2D eigenvalue weighted by Crippen LogP contribution is 2.49. The second kappa shape index (κ2) is 15.7. The highest BCUT2D eigenvalue weighted by Gasteiger charge is 2.54. The van der Waals surface area contributed by atoms with E-state index in [4.69, 9.17) is 29.0 Å². The summed E-state index contributed by atoms with van der Waals surface area (Å²) in [4.78, 5) is 12.7. The van der Waals surface area contributed by atoms with Gasteiger partial charge in [-0.3, -0.25) is 9.09 Å². The van der Waals surface area contributed by atoms with Crippen LogP contribution < -0.4 is 20.1 Å². The molecule has 0 aliphatic carbocycles. The zero-order chi connectivity index (χ0) is 35.2. The molecule has 1 aliphatic rings. The third-order valence-electron chi connectivity index (χ3n) is 7.98. The van der Waals surface area contributed by atoms with Crippen molar-refractivity contribution in [2.75, 3.05) is 25.6 Å². The van der Waals surface area contributed by atoms with Gasteiger partial charge in [-0.15, -0.1) is 13.2 Å². The minimum Gasteiger partial charge on any atom is -0.476 e. The topological polar surface area (TPSA) is 206 Å². The lowest BCUT2D eigenvalue weighted by Gasteiger charge is -2.28. The Bertz CT molecular complexity index is 1800. The van der Waals surface area contributed by atoms with Gasteiger partial charge in [0.1, 0.15) is 23.6 Å². The standard InChI is InChI=1S/C33H43N6O9P/c1-5-7-11-18-45-30(41)21(3)38-49(43,48-24-16-12-14-22-13-9-10-15-23(22)24)46-19-25-27(40)33(4,42)31(47-25)39-20-35-26-28(39)36-32(34)37-29(26)44-17-8-6-2/h5-6,9-10,12-16,20-21,25,27,30-31,40-42H,1-2,7-8,11,17-19H2,3-4H3,(H,38,43)(H2,34,36,37). The first-order valence-corrected chi connectivity index (χ1v) is 17.4. The molecule has 7 unspecified atom stereocenters. The van der Waals surface area contributed by atoms with E-state index in [9.17, 15) is 19.9 Å². The number of fused-ring (bicyclic) bond motifs is 2. The first-order chi connectivity index (χ1) is 23.5. The van der Waals surface area contributed by atoms with E-state index in [0.29, 0.717) is 24.6 Å². The van der Waals surface area contributed by atoms with Gasteiger partial charge in [0.25, 0.3) is 0 Å². The van der Waals surface area contributed by atoms with E-state index in [1.165, 1.54) is 17.8 Å². The summed E-state index contributed by atoms with van der Waals surface area (Å²) in [5, 5.41) is 37.7. The van der Waals surface area contributed by atoms with Crippen LogP contribution in [0.2, 0.25) is 0 Å². The Morgan fingerprint density at radius 3 is 2.69 bits per heavy atom. The maximum absolute atomic E-state index is 14.4. The van der Waals surface area contributed by atoms with Gasteiger partial charge in [0.2, 0.25) is 11.8 Å². The van der Waals surface area contributed by atoms with Crippen molar-refractivity contribution in [3.8, 4) is 11.6 Å². The molecule has 264 valence electrons. The molecule has 3 heterocycles. The summed E-state index contributed by atoms with van der Waals surface area (Å²) in [5.41, 5.74) is 4.52. The van der Waals surface area contributed by atoms with Crippen LogP contribution in [0.4, 0.5) is 5.95 Å². The molecule has 4 aromatic rings. The number of hydrogen-bond donors (Lipinski definition) is 5. The van der Waals surface area contributed by atoms with Gasteiger partial charge < -0.3 is 39.8 Å². The number of ether oxygens (including phenoxy) is 3. The van der Waals surface area contributed by atoms with Gasteiger partial charge in [-0.25, -0.2) is 14.6 Å². The van der Waals surface area contributed by atoms with Crippen LogP contribution in [0, 0.1) is 0 Å². The lowest BCUT2D eigenvalue weighted by Crippen LogP contribution is -2.44. The number of nitrogens with one attached hydrogen (secondary N) is 1. The van der Waals surface area contributed by atoms with Gasteiger partial charge in [0, 0.05) is 5.39 Å². The molecule has 0 spiro atoms. The molecule has 0 radical (unpaired) electrons. The van der Waals surface area contributed by atoms with Crippen molar-refractivity contribution in [2.45, 2.75) is 69.5 Å². The Hall–Kier alpha value is -3.92. The summed E-state index contributed by atoms with van der Waals surface area (Å²) in [6.07, 6.45) is 1.38. The van der Waals surface area contributed by atoms with Crippen molar-refractivity contribution >= 4 is 35.6 Å². The van der Waals surface area contributed by atoms with E-state index in [0.717, 1.165) is 5.39 Å². The number of nitrogens with zero attached hydrogens (tertiary/aromatic N) is 4. The van der Waals surface area contributed by atoms with Crippen molar-refractivity contribution < 1.29 is 43.1 Å². The fourth-order valence-electron chi connectivity index (χ4n) is 5.35. The molecule has 1 aliphatic heterocycles. The number of hydrogen-bond acceptors (Lipinski definition) is 13. The Kier molecular flexibility index (Phi) is 11.7. The molecule has 2 aromatic heterocycles. The fraction of sp³-hybridized carbons (Fsp3) is 0.424. The zero-order valence-corrected chi connectivity index (χ0v) is 28.3. The first-order valence-electron chi connectivity index (χ1n) is 15.9. The highest BCUT2D eigenvalue weighted by atomic mass is 31.2. The maximum Gasteiger partial charge on any atom is 0.459 e. The molecule has 1 fully saturated rings. The molecule has 7 atom stereocenters. The molecule has 2 aromatic carbocycles. The molecule has 49 heavy (non-hydrogen) atoms. The van der Waals surface area contributed by atoms with Crippen LogP contribution >= 0.6 is 7.75 Å². The number of aromatic nitrogens is 4. The first kappa shape index (κ1) is 36.4. The number of aliphatic hydroxyl groups excluding tert-OH is 2. The van der Waals surface area contributed by atoms with Crippen molar-refractivity contribution in [1.82, 2.24) is 24.6 Å². The molecule has 15 nitrogen and oxygen atoms in total. The number of nitrogens with two attached hydrogens (primary N) is 1. The van der Waals surface area contributed by atoms with E-state index in [1.807, 2.05) is 30.3 Å². The van der Waals surface area contributed by atoms with Gasteiger partial charge in [0.15, 0.2) is 23.7 Å². The predicted octanol–water partition coefficient (Wildman–Crippen LogP) is 4.01. The van der Waals surface area contributed by atoms with E-state index in [-0.39, 0.29) is 42.0 Å². The number of imidazole rings is 1. The van der Waals surface area contributed by atoms with E-state index in [2.05, 4.69) is 33.2 Å². The second-order valence-corrected chi connectivity index (χ2v) is 13.5. The second-order valence-electron chi connectivity index (χ2n) is 11.8. The molecule has 0 saturated carbocycles. The lowest BCUT2D eigenvalue weighted by atomic mass is 9.96. The summed E-state index contributed by atoms with van der Waals surface area (Å²) in [6.45, 7) is 10.3. The zero-order valence-electron chi connectivity index (χ0n) is 27.4. The van der Waals surface area contributed by atoms with Gasteiger partial charge in [-0.1, -0.05) is 48.6 Å². The van der Waals surface area contributed by atoms with Crippen molar-refractivity contribution in [3.63, 3.8) is 0 Å². The van der Waals surface area contributed by atoms with E-state index < -0.39 is 50.7 Å². The van der Waals surface area contributed by atoms with Gasteiger partial charge >= 0.3 is 7.75 Å². The number of rotatable bonds is 18. The van der Waals surface area contributed by atoms with Crippen LogP contribution in [0.15, 0.2) is 74.1 Å². The van der Waals surface area contributed by atoms with Crippen LogP contribution in [0.1, 0.15) is 39.3 Å². The third kappa shape index (κ3) is 8.28. The predicted molar refractivity (Wildman–Crippen MR) is 183 cm³/mol. The molecular formula is C33H43N6O9P. The number of allylic oxidation sites excluding steroid dienone is 1. The smallest absolute Gasteiger partial charge is 0.459 e. The monoisotopic (exact) mass is 698 g/mol. The van der Waals surface area contributed by atoms with Gasteiger partial charge in [0.05, 0.1) is 32.2 Å². The normalized spacial score (nSPS) is 23.2. The van der Waals surface area contributed by atoms with E-state index in [1.54, 1.807) is 31.2 Å². The van der Waals surface area contributed by atoms with Gasteiger partial charge in [-0.2, -0.15) is 9.97 Å². The Morgan fingerprint density at radius 2 is 1.92 bits per heavy atom. The number of unbranched alkanes of at least 4 members (excludes halogenated alkanes) is 1. The summed E-state index contributed by atoms with van der Waals surface area (Å²) in [7, 11) is -4.33. The third-order valence-corrected chi connectivity index (χ3v) is 9.63. The quantitative estimate of drug-likeness (QED) is 0.0431. The number of nitrogen functional groups attached to an aromatic ring is 1. The maximum atomic E-state index is 14.4. The van der Waals surface area contributed by atoms with Crippen LogP contribution in [0.5, 0.6) is 11.6 Å². The molecule has 5 rings (SSSR count). The Labute approximate surface area is 283 Å². The van der Waals surface area contributed by atoms with Crippen LogP contribution in [0.3, 0.4) is 0 Å². The average Bonchev–Trinajstić information content (AvgIpc) is 3.59. The Balaban J connectivity index is 1.38. The Morgan fingerprint density at radius 1 is 1.16 bits per heavy atom. The van der Waals surface area contributed by atoms with Crippen molar-refractivity contribution in [1.29, 1.82) is 0 Å². The van der Waals surface area contributed by atoms with Gasteiger partial charge in [-0.05, 0) is 44.6 Å². The number of anilines is 1. The van der Waals surface area contributed by atoms with E-state index >= 15 is 0 Å². The molecule has 6 N–H and O–H groups in total. The molecule has 1 saturated heterocycles.